The maximum absolute atomic E-state index is 14.1. The number of amides is 1. The number of benzene rings is 3. The molecule has 0 bridgehead atoms. The van der Waals surface area contributed by atoms with Crippen molar-refractivity contribution in [2.75, 3.05) is 52.6 Å². The highest BCUT2D eigenvalue weighted by molar-refractivity contribution is 6.42. The summed E-state index contributed by atoms with van der Waals surface area (Å²) in [5.41, 5.74) is 3.82. The summed E-state index contributed by atoms with van der Waals surface area (Å²) in [6.07, 6.45) is 7.25. The molecule has 3 saturated heterocycles. The number of hydrogen-bond donors (Lipinski definition) is 1. The van der Waals surface area contributed by atoms with Crippen LogP contribution in [0.1, 0.15) is 47.2 Å². The molecule has 3 aliphatic heterocycles. The number of nitrogens with one attached hydrogen (secondary N) is 1. The van der Waals surface area contributed by atoms with Gasteiger partial charge >= 0.3 is 0 Å². The highest BCUT2D eigenvalue weighted by Crippen LogP contribution is 2.33. The molecule has 4 heterocycles. The van der Waals surface area contributed by atoms with Gasteiger partial charge in [0, 0.05) is 55.6 Å². The van der Waals surface area contributed by atoms with E-state index < -0.39 is 0 Å². The van der Waals surface area contributed by atoms with Crippen LogP contribution in [-0.4, -0.2) is 79.4 Å². The van der Waals surface area contributed by atoms with E-state index in [9.17, 15) is 13.6 Å². The number of rotatable bonds is 8. The van der Waals surface area contributed by atoms with Gasteiger partial charge in [0.25, 0.3) is 5.91 Å². The fourth-order valence-electron chi connectivity index (χ4n) is 8.14. The van der Waals surface area contributed by atoms with Crippen LogP contribution >= 0.6 is 46.4 Å². The fraction of sp³-hybridized carbons (Fsp3) is 0.463. The first-order valence-electron chi connectivity index (χ1n) is 18.3. The number of carbonyl (C=O) groups excluding carboxylic acids is 1. The molecule has 3 aliphatic rings. The summed E-state index contributed by atoms with van der Waals surface area (Å²) in [6, 6.07) is 21.4. The molecule has 0 spiro atoms. The van der Waals surface area contributed by atoms with Gasteiger partial charge in [-0.1, -0.05) is 76.7 Å². The Balaban J connectivity index is 0.000000253. The van der Waals surface area contributed by atoms with Crippen molar-refractivity contribution >= 4 is 63.2 Å². The molecule has 1 amide bonds. The summed E-state index contributed by atoms with van der Waals surface area (Å²) in [7, 11) is 0. The molecule has 286 valence electrons. The monoisotopic (exact) mass is 808 g/mol. The Morgan fingerprint density at radius 1 is 0.736 bits per heavy atom. The number of carbonyl (C=O) groups is 1. The lowest BCUT2D eigenvalue weighted by Crippen LogP contribution is -2.51. The van der Waals surface area contributed by atoms with E-state index in [1.807, 2.05) is 71.6 Å². The Labute approximate surface area is 330 Å². The molecule has 53 heavy (non-hydrogen) atoms. The first-order chi connectivity index (χ1) is 25.2. The van der Waals surface area contributed by atoms with Crippen LogP contribution in [0.5, 0.6) is 0 Å². The summed E-state index contributed by atoms with van der Waals surface area (Å²) in [5, 5.41) is 6.39. The lowest BCUT2D eigenvalue weighted by molar-refractivity contribution is 0.0347. The molecule has 7 rings (SSSR count). The van der Waals surface area contributed by atoms with E-state index >= 15 is 0 Å². The predicted octanol–water partition coefficient (Wildman–Crippen LogP) is 10.2. The molecular formula is C41H47Cl4F3N4O. The number of likely N-dealkylation sites (tertiary alicyclic amines) is 2. The number of alkyl halides is 2. The van der Waals surface area contributed by atoms with Crippen molar-refractivity contribution in [2.45, 2.75) is 44.6 Å². The minimum absolute atomic E-state index is 0. The minimum atomic E-state index is -0.311. The summed E-state index contributed by atoms with van der Waals surface area (Å²) >= 11 is 24.1. The Morgan fingerprint density at radius 3 is 1.98 bits per heavy atom. The quantitative estimate of drug-likeness (QED) is 0.193. The van der Waals surface area contributed by atoms with Crippen molar-refractivity contribution in [3.63, 3.8) is 0 Å². The standard InChI is InChI=1S/C28H30Cl2FN3O.C13H16Cl2FN.FH/c29-25-6-5-19(16-26(25)30)15-20-8-12-34(18-21(20)17-31)22-9-13-33(14-10-22)28(35)24-7-11-32-27-4-2-1-3-23(24)27;14-12-2-1-9(6-13(12)15)5-10-3-4-17-8-11(10)7-16;/h1-7,11,16,20-22H,8-10,12-15,17-18H2;1-2,6,10-11,17H,3-5,7-8H2;1H/t20-,21-;10-,11-;/m11./s1. The number of para-hydroxylation sites is 1. The van der Waals surface area contributed by atoms with Gasteiger partial charge in [-0.15, -0.1) is 0 Å². The van der Waals surface area contributed by atoms with Crippen molar-refractivity contribution < 1.29 is 18.3 Å². The van der Waals surface area contributed by atoms with Gasteiger partial charge < -0.3 is 10.2 Å². The topological polar surface area (TPSA) is 48.5 Å². The Kier molecular flexibility index (Phi) is 15.6. The average Bonchev–Trinajstić information content (AvgIpc) is 3.18. The van der Waals surface area contributed by atoms with Crippen LogP contribution in [0.3, 0.4) is 0 Å². The second kappa shape index (κ2) is 19.8. The van der Waals surface area contributed by atoms with E-state index in [-0.39, 0.29) is 35.8 Å². The molecule has 3 aromatic carbocycles. The number of pyridine rings is 1. The molecule has 0 aliphatic carbocycles. The molecule has 1 aromatic heterocycles. The minimum Gasteiger partial charge on any atom is -0.339 e. The molecular weight excluding hydrogens is 763 g/mol. The van der Waals surface area contributed by atoms with E-state index in [1.54, 1.807) is 6.20 Å². The number of halogens is 7. The van der Waals surface area contributed by atoms with Crippen LogP contribution in [0.25, 0.3) is 10.9 Å². The largest absolute Gasteiger partial charge is 0.339 e. The summed E-state index contributed by atoms with van der Waals surface area (Å²) in [6.45, 7) is 4.39. The normalized spacial score (nSPS) is 22.5. The van der Waals surface area contributed by atoms with Gasteiger partial charge in [-0.3, -0.25) is 28.2 Å². The third-order valence-electron chi connectivity index (χ3n) is 11.2. The zero-order chi connectivity index (χ0) is 36.6. The van der Waals surface area contributed by atoms with Gasteiger partial charge in [0.05, 0.1) is 44.5 Å². The van der Waals surface area contributed by atoms with Crippen molar-refractivity contribution in [3.8, 4) is 0 Å². The number of fused-ring (bicyclic) bond motifs is 1. The second-order valence-electron chi connectivity index (χ2n) is 14.4. The molecule has 0 saturated carbocycles. The Hall–Kier alpha value is -2.59. The first kappa shape index (κ1) is 41.6. The zero-order valence-corrected chi connectivity index (χ0v) is 32.7. The van der Waals surface area contributed by atoms with Crippen molar-refractivity contribution in [1.82, 2.24) is 20.1 Å². The van der Waals surface area contributed by atoms with Gasteiger partial charge in [0.15, 0.2) is 0 Å². The van der Waals surface area contributed by atoms with Crippen LogP contribution in [0.15, 0.2) is 72.9 Å². The molecule has 0 radical (unpaired) electrons. The number of piperidine rings is 3. The van der Waals surface area contributed by atoms with E-state index in [4.69, 9.17) is 46.4 Å². The lowest BCUT2D eigenvalue weighted by Gasteiger charge is -2.44. The highest BCUT2D eigenvalue weighted by atomic mass is 35.5. The molecule has 1 N–H and O–H groups in total. The predicted molar refractivity (Wildman–Crippen MR) is 213 cm³/mol. The third-order valence-corrected chi connectivity index (χ3v) is 12.7. The lowest BCUT2D eigenvalue weighted by atomic mass is 9.81. The summed E-state index contributed by atoms with van der Waals surface area (Å²) in [5.74, 6) is 0.914. The SMILES string of the molecule is F.FC[C@@H]1CNCC[C@@H]1Cc1ccc(Cl)c(Cl)c1.O=C(c1ccnc2ccccc12)N1CCC(N2CC[C@H](Cc3ccc(Cl)c(Cl)c3)[C@H](CF)C2)CC1. The molecule has 4 atom stereocenters. The van der Waals surface area contributed by atoms with Crippen LogP contribution in [0.4, 0.5) is 13.5 Å². The highest BCUT2D eigenvalue weighted by Gasteiger charge is 2.35. The van der Waals surface area contributed by atoms with Gasteiger partial charge in [-0.05, 0) is 111 Å². The second-order valence-corrected chi connectivity index (χ2v) is 16.1. The summed E-state index contributed by atoms with van der Waals surface area (Å²) in [4.78, 5) is 22.1. The van der Waals surface area contributed by atoms with Gasteiger partial charge in [0.2, 0.25) is 0 Å². The van der Waals surface area contributed by atoms with Crippen LogP contribution in [0.2, 0.25) is 20.1 Å². The van der Waals surface area contributed by atoms with Gasteiger partial charge in [0.1, 0.15) is 0 Å². The average molecular weight is 811 g/mol. The molecule has 5 nitrogen and oxygen atoms in total. The van der Waals surface area contributed by atoms with Gasteiger partial charge in [-0.2, -0.15) is 0 Å². The van der Waals surface area contributed by atoms with E-state index in [2.05, 4.69) is 15.2 Å². The molecule has 4 aromatic rings. The van der Waals surface area contributed by atoms with E-state index in [1.165, 1.54) is 0 Å². The number of aromatic nitrogens is 1. The van der Waals surface area contributed by atoms with Crippen LogP contribution in [0, 0.1) is 23.7 Å². The van der Waals surface area contributed by atoms with Crippen LogP contribution < -0.4 is 5.32 Å². The maximum atomic E-state index is 14.1. The molecule has 0 unspecified atom stereocenters. The van der Waals surface area contributed by atoms with Crippen molar-refractivity contribution in [2.24, 2.45) is 23.7 Å². The first-order valence-corrected chi connectivity index (χ1v) is 19.8. The number of hydrogen-bond acceptors (Lipinski definition) is 4. The smallest absolute Gasteiger partial charge is 0.254 e. The molecule has 3 fully saturated rings. The summed E-state index contributed by atoms with van der Waals surface area (Å²) < 4.78 is 27.0. The van der Waals surface area contributed by atoms with Crippen molar-refractivity contribution in [3.05, 3.63) is 110 Å². The van der Waals surface area contributed by atoms with Crippen molar-refractivity contribution in [1.29, 1.82) is 0 Å². The van der Waals surface area contributed by atoms with Crippen LogP contribution in [-0.2, 0) is 12.8 Å². The number of nitrogens with zero attached hydrogens (tertiary/aromatic N) is 3. The fourth-order valence-corrected chi connectivity index (χ4v) is 8.78. The van der Waals surface area contributed by atoms with Gasteiger partial charge in [-0.25, -0.2) is 0 Å². The van der Waals surface area contributed by atoms with E-state index in [0.717, 1.165) is 105 Å². The third kappa shape index (κ3) is 10.6. The molecule has 12 heteroatoms. The van der Waals surface area contributed by atoms with E-state index in [0.29, 0.717) is 38.0 Å². The Morgan fingerprint density at radius 2 is 1.36 bits per heavy atom. The zero-order valence-electron chi connectivity index (χ0n) is 29.6. The maximum Gasteiger partial charge on any atom is 0.254 e. The Bertz CT molecular complexity index is 1810.